The molecule has 0 saturated carbocycles. The van der Waals surface area contributed by atoms with Gasteiger partial charge in [0.15, 0.2) is 5.96 Å². The Kier molecular flexibility index (Phi) is 10.3. The van der Waals surface area contributed by atoms with Crippen LogP contribution in [0.1, 0.15) is 31.0 Å². The predicted octanol–water partition coefficient (Wildman–Crippen LogP) is 3.92. The molecule has 0 radical (unpaired) electrons. The third-order valence-corrected chi connectivity index (χ3v) is 5.26. The highest BCUT2D eigenvalue weighted by Gasteiger charge is 2.34. The van der Waals surface area contributed by atoms with Crippen LogP contribution in [0.5, 0.6) is 0 Å². The zero-order valence-electron chi connectivity index (χ0n) is 18.5. The van der Waals surface area contributed by atoms with E-state index in [1.54, 1.807) is 0 Å². The second kappa shape index (κ2) is 12.4. The number of likely N-dealkylation sites (tertiary alicyclic amines) is 1. The van der Waals surface area contributed by atoms with Crippen LogP contribution in [0.2, 0.25) is 0 Å². The quantitative estimate of drug-likeness (QED) is 0.221. The molecule has 1 aromatic heterocycles. The molecule has 1 unspecified atom stereocenters. The molecule has 6 nitrogen and oxygen atoms in total. The summed E-state index contributed by atoms with van der Waals surface area (Å²) >= 11 is 0. The molecule has 0 amide bonds. The van der Waals surface area contributed by atoms with Gasteiger partial charge in [0, 0.05) is 38.4 Å². The summed E-state index contributed by atoms with van der Waals surface area (Å²) in [4.78, 5) is 6.05. The molecule has 1 aliphatic rings. The highest BCUT2D eigenvalue weighted by atomic mass is 127. The molecule has 2 heterocycles. The Labute approximate surface area is 204 Å². The van der Waals surface area contributed by atoms with Crippen LogP contribution in [0.3, 0.4) is 0 Å². The number of aromatic nitrogens is 2. The van der Waals surface area contributed by atoms with Crippen molar-refractivity contribution in [1.29, 1.82) is 0 Å². The number of hydrogen-bond donors (Lipinski definition) is 2. The molecule has 32 heavy (non-hydrogen) atoms. The number of halogens is 4. The summed E-state index contributed by atoms with van der Waals surface area (Å²) in [5, 5.41) is 11.1. The van der Waals surface area contributed by atoms with Gasteiger partial charge in [-0.2, -0.15) is 18.3 Å². The number of nitrogens with zero attached hydrogens (tertiary/aromatic N) is 4. The van der Waals surface area contributed by atoms with Gasteiger partial charge in [-0.05, 0) is 50.8 Å². The van der Waals surface area contributed by atoms with Crippen molar-refractivity contribution in [2.75, 3.05) is 32.7 Å². The Balaban J connectivity index is 0.00000363. The molecule has 1 fully saturated rings. The van der Waals surface area contributed by atoms with Gasteiger partial charge in [0.2, 0.25) is 0 Å². The second-order valence-electron chi connectivity index (χ2n) is 7.86. The van der Waals surface area contributed by atoms with E-state index < -0.39 is 12.7 Å². The summed E-state index contributed by atoms with van der Waals surface area (Å²) in [5.74, 6) is 0.665. The first-order valence-electron chi connectivity index (χ1n) is 10.8. The van der Waals surface area contributed by atoms with Crippen molar-refractivity contribution >= 4 is 29.9 Å². The maximum atomic E-state index is 12.6. The van der Waals surface area contributed by atoms with Gasteiger partial charge >= 0.3 is 6.18 Å². The third-order valence-electron chi connectivity index (χ3n) is 5.26. The lowest BCUT2D eigenvalue weighted by atomic mass is 10.1. The number of aryl methyl sites for hydroxylation is 2. The first-order chi connectivity index (χ1) is 14.8. The zero-order chi connectivity index (χ0) is 22.3. The molecule has 178 valence electrons. The van der Waals surface area contributed by atoms with Crippen molar-refractivity contribution in [3.63, 3.8) is 0 Å². The highest BCUT2D eigenvalue weighted by molar-refractivity contribution is 14.0. The third kappa shape index (κ3) is 8.27. The van der Waals surface area contributed by atoms with Crippen molar-refractivity contribution in [2.24, 2.45) is 4.99 Å². The number of rotatable bonds is 8. The summed E-state index contributed by atoms with van der Waals surface area (Å²) in [6.07, 6.45) is 0.316. The van der Waals surface area contributed by atoms with Crippen LogP contribution in [0, 0.1) is 6.92 Å². The van der Waals surface area contributed by atoms with Crippen LogP contribution in [-0.2, 0) is 6.42 Å². The molecule has 3 rings (SSSR count). The van der Waals surface area contributed by atoms with Gasteiger partial charge in [0.1, 0.15) is 0 Å². The topological polar surface area (TPSA) is 57.5 Å². The molecule has 1 aliphatic heterocycles. The Hall–Kier alpha value is -1.82. The molecule has 1 aromatic carbocycles. The average molecular weight is 564 g/mol. The van der Waals surface area contributed by atoms with E-state index in [0.717, 1.165) is 24.2 Å². The van der Waals surface area contributed by atoms with E-state index >= 15 is 0 Å². The predicted molar refractivity (Wildman–Crippen MR) is 132 cm³/mol. The van der Waals surface area contributed by atoms with Crippen LogP contribution in [0.4, 0.5) is 13.2 Å². The molecule has 1 saturated heterocycles. The minimum absolute atomic E-state index is 0. The monoisotopic (exact) mass is 564 g/mol. The Morgan fingerprint density at radius 1 is 1.25 bits per heavy atom. The van der Waals surface area contributed by atoms with Gasteiger partial charge in [-0.15, -0.1) is 24.0 Å². The van der Waals surface area contributed by atoms with Crippen molar-refractivity contribution < 1.29 is 13.2 Å². The minimum atomic E-state index is -4.15. The Morgan fingerprint density at radius 2 is 2.00 bits per heavy atom. The van der Waals surface area contributed by atoms with E-state index in [9.17, 15) is 13.2 Å². The molecule has 0 aliphatic carbocycles. The van der Waals surface area contributed by atoms with E-state index in [4.69, 9.17) is 0 Å². The first-order valence-corrected chi connectivity index (χ1v) is 10.8. The van der Waals surface area contributed by atoms with Crippen molar-refractivity contribution in [3.05, 3.63) is 47.8 Å². The number of alkyl halides is 3. The van der Waals surface area contributed by atoms with Crippen LogP contribution in [-0.4, -0.2) is 65.6 Å². The summed E-state index contributed by atoms with van der Waals surface area (Å²) in [7, 11) is 0. The van der Waals surface area contributed by atoms with Crippen molar-refractivity contribution in [3.8, 4) is 5.69 Å². The summed E-state index contributed by atoms with van der Waals surface area (Å²) < 4.78 is 39.7. The zero-order valence-corrected chi connectivity index (χ0v) is 20.9. The minimum Gasteiger partial charge on any atom is -0.357 e. The molecular weight excluding hydrogens is 532 g/mol. The Bertz CT molecular complexity index is 853. The molecule has 2 N–H and O–H groups in total. The number of benzene rings is 1. The van der Waals surface area contributed by atoms with Crippen LogP contribution in [0.25, 0.3) is 5.69 Å². The Morgan fingerprint density at radius 3 is 2.69 bits per heavy atom. The van der Waals surface area contributed by atoms with Crippen LogP contribution >= 0.6 is 24.0 Å². The van der Waals surface area contributed by atoms with E-state index in [2.05, 4.69) is 26.9 Å². The lowest BCUT2D eigenvalue weighted by molar-refractivity contribution is -0.143. The second-order valence-corrected chi connectivity index (χ2v) is 7.86. The summed E-state index contributed by atoms with van der Waals surface area (Å²) in [5.41, 5.74) is 3.23. The summed E-state index contributed by atoms with van der Waals surface area (Å²) in [6.45, 7) is 5.29. The molecular formula is C22H32F3IN6. The first kappa shape index (κ1) is 26.4. The molecule has 0 bridgehead atoms. The average Bonchev–Trinajstić information content (AvgIpc) is 3.31. The van der Waals surface area contributed by atoms with E-state index in [-0.39, 0.29) is 30.0 Å². The van der Waals surface area contributed by atoms with Gasteiger partial charge in [0.05, 0.1) is 17.9 Å². The number of aliphatic imine (C=N–C) groups is 1. The number of nitrogens with one attached hydrogen (secondary N) is 2. The molecule has 10 heteroatoms. The number of guanidine groups is 1. The lowest BCUT2D eigenvalue weighted by Crippen LogP contribution is -2.45. The van der Waals surface area contributed by atoms with Gasteiger partial charge in [-0.25, -0.2) is 4.68 Å². The van der Waals surface area contributed by atoms with Crippen LogP contribution in [0.15, 0.2) is 41.5 Å². The standard InChI is InChI=1S/C22H31F3N6.HI/c1-3-26-21(28-19-11-13-30(15-19)16-22(23,24)25)27-12-7-8-18-14-31(29-17(18)2)20-9-5-4-6-10-20;/h4-6,9-10,14,19H,3,7-8,11-13,15-16H2,1-2H3,(H2,26,27,28);1H. The van der Waals surface area contributed by atoms with Crippen molar-refractivity contribution in [2.45, 2.75) is 45.3 Å². The fourth-order valence-corrected chi connectivity index (χ4v) is 3.78. The normalized spacial score (nSPS) is 17.3. The van der Waals surface area contributed by atoms with E-state index in [1.807, 2.05) is 48.9 Å². The summed E-state index contributed by atoms with van der Waals surface area (Å²) in [6, 6.07) is 9.98. The van der Waals surface area contributed by atoms with E-state index in [1.165, 1.54) is 10.5 Å². The fourth-order valence-electron chi connectivity index (χ4n) is 3.78. The number of para-hydroxylation sites is 1. The van der Waals surface area contributed by atoms with Crippen molar-refractivity contribution in [1.82, 2.24) is 25.3 Å². The lowest BCUT2D eigenvalue weighted by Gasteiger charge is -2.19. The SMILES string of the molecule is CCNC(=NCCCc1cn(-c2ccccc2)nc1C)NC1CCN(CC(F)(F)F)C1.I. The van der Waals surface area contributed by atoms with Gasteiger partial charge < -0.3 is 10.6 Å². The number of hydrogen-bond acceptors (Lipinski definition) is 3. The highest BCUT2D eigenvalue weighted by Crippen LogP contribution is 2.20. The van der Waals surface area contributed by atoms with Gasteiger partial charge in [0.25, 0.3) is 0 Å². The molecule has 0 spiro atoms. The van der Waals surface area contributed by atoms with Gasteiger partial charge in [-0.3, -0.25) is 9.89 Å². The maximum Gasteiger partial charge on any atom is 0.401 e. The smallest absolute Gasteiger partial charge is 0.357 e. The van der Waals surface area contributed by atoms with Crippen LogP contribution < -0.4 is 10.6 Å². The van der Waals surface area contributed by atoms with E-state index in [0.29, 0.717) is 38.6 Å². The molecule has 1 atom stereocenters. The largest absolute Gasteiger partial charge is 0.401 e. The molecule has 2 aromatic rings. The fraction of sp³-hybridized carbons (Fsp3) is 0.545. The maximum absolute atomic E-state index is 12.6. The van der Waals surface area contributed by atoms with Gasteiger partial charge in [-0.1, -0.05) is 18.2 Å².